The number of benzene rings is 2. The summed E-state index contributed by atoms with van der Waals surface area (Å²) in [5.41, 5.74) is -0.00247. The van der Waals surface area contributed by atoms with Crippen molar-refractivity contribution in [2.45, 2.75) is 38.8 Å². The Labute approximate surface area is 153 Å². The van der Waals surface area contributed by atoms with Crippen molar-refractivity contribution < 1.29 is 24.5 Å². The molecule has 1 unspecified atom stereocenters. The van der Waals surface area contributed by atoms with Gasteiger partial charge < -0.3 is 20.3 Å². The maximum absolute atomic E-state index is 11.6. The van der Waals surface area contributed by atoms with Gasteiger partial charge in [0.2, 0.25) is 0 Å². The molecule has 0 aromatic heterocycles. The Hall–Kier alpha value is -3.02. The number of alkyl carbamates (subject to hydrolysis) is 1. The van der Waals surface area contributed by atoms with Gasteiger partial charge in [0.25, 0.3) is 0 Å². The van der Waals surface area contributed by atoms with Crippen LogP contribution >= 0.6 is 0 Å². The first kappa shape index (κ1) is 21.0. The SMILES string of the molecule is CC(C)(C)OC(=O)NC(Cc1ccc(O)cc1)C(=O)O.c1ccccc1. The van der Waals surface area contributed by atoms with Gasteiger partial charge in [-0.25, -0.2) is 9.59 Å². The van der Waals surface area contributed by atoms with E-state index in [2.05, 4.69) is 5.32 Å². The van der Waals surface area contributed by atoms with Gasteiger partial charge in [-0.3, -0.25) is 0 Å². The number of phenolic OH excluding ortho intramolecular Hbond substituents is 1. The van der Waals surface area contributed by atoms with Gasteiger partial charge >= 0.3 is 12.1 Å². The zero-order chi connectivity index (χ0) is 19.6. The molecule has 0 radical (unpaired) electrons. The lowest BCUT2D eigenvalue weighted by molar-refractivity contribution is -0.139. The first-order chi connectivity index (χ1) is 12.2. The van der Waals surface area contributed by atoms with Gasteiger partial charge in [0.15, 0.2) is 0 Å². The first-order valence-corrected chi connectivity index (χ1v) is 8.17. The molecule has 0 aliphatic rings. The number of phenols is 1. The van der Waals surface area contributed by atoms with Crippen molar-refractivity contribution in [1.29, 1.82) is 0 Å². The van der Waals surface area contributed by atoms with Gasteiger partial charge in [-0.1, -0.05) is 48.5 Å². The summed E-state index contributed by atoms with van der Waals surface area (Å²) < 4.78 is 5.02. The average Bonchev–Trinajstić information content (AvgIpc) is 2.56. The van der Waals surface area contributed by atoms with E-state index in [1.165, 1.54) is 12.1 Å². The number of aliphatic carboxylic acids is 1. The summed E-state index contributed by atoms with van der Waals surface area (Å²) >= 11 is 0. The lowest BCUT2D eigenvalue weighted by Gasteiger charge is -2.22. The second kappa shape index (κ2) is 10.1. The molecule has 0 bridgehead atoms. The van der Waals surface area contributed by atoms with Crippen LogP contribution in [0, 0.1) is 0 Å². The van der Waals surface area contributed by atoms with Gasteiger partial charge in [0, 0.05) is 6.42 Å². The molecule has 0 fully saturated rings. The van der Waals surface area contributed by atoms with Crippen molar-refractivity contribution in [3.63, 3.8) is 0 Å². The monoisotopic (exact) mass is 359 g/mol. The lowest BCUT2D eigenvalue weighted by Crippen LogP contribution is -2.44. The minimum absolute atomic E-state index is 0.0979. The fourth-order valence-corrected chi connectivity index (χ4v) is 1.90. The second-order valence-electron chi connectivity index (χ2n) is 6.56. The summed E-state index contributed by atoms with van der Waals surface area (Å²) in [5, 5.41) is 20.6. The zero-order valence-electron chi connectivity index (χ0n) is 15.2. The number of carboxylic acids is 1. The van der Waals surface area contributed by atoms with Crippen molar-refractivity contribution in [2.24, 2.45) is 0 Å². The van der Waals surface area contributed by atoms with E-state index in [0.717, 1.165) is 0 Å². The minimum Gasteiger partial charge on any atom is -0.508 e. The number of carbonyl (C=O) groups is 2. The molecule has 0 heterocycles. The third-order valence-electron chi connectivity index (χ3n) is 3.03. The number of hydrogen-bond acceptors (Lipinski definition) is 4. The van der Waals surface area contributed by atoms with Crippen LogP contribution in [0.1, 0.15) is 26.3 Å². The minimum atomic E-state index is -1.15. The van der Waals surface area contributed by atoms with Crippen LogP contribution in [-0.2, 0) is 16.0 Å². The van der Waals surface area contributed by atoms with E-state index in [4.69, 9.17) is 14.9 Å². The van der Waals surface area contributed by atoms with Gasteiger partial charge in [-0.15, -0.1) is 0 Å². The van der Waals surface area contributed by atoms with Crippen molar-refractivity contribution in [1.82, 2.24) is 5.32 Å². The molecule has 0 aliphatic carbocycles. The Morgan fingerprint density at radius 2 is 1.46 bits per heavy atom. The maximum atomic E-state index is 11.6. The highest BCUT2D eigenvalue weighted by Crippen LogP contribution is 2.12. The molecule has 2 aromatic rings. The third kappa shape index (κ3) is 9.32. The number of ether oxygens (including phenoxy) is 1. The molecule has 0 aliphatic heterocycles. The highest BCUT2D eigenvalue weighted by molar-refractivity contribution is 5.80. The molecule has 26 heavy (non-hydrogen) atoms. The zero-order valence-corrected chi connectivity index (χ0v) is 15.2. The van der Waals surface area contributed by atoms with Crippen LogP contribution in [0.3, 0.4) is 0 Å². The number of hydrogen-bond donors (Lipinski definition) is 3. The van der Waals surface area contributed by atoms with E-state index in [9.17, 15) is 9.59 Å². The fourth-order valence-electron chi connectivity index (χ4n) is 1.90. The molecule has 1 amide bonds. The maximum Gasteiger partial charge on any atom is 0.408 e. The average molecular weight is 359 g/mol. The molecular weight excluding hydrogens is 334 g/mol. The summed E-state index contributed by atoms with van der Waals surface area (Å²) in [7, 11) is 0. The quantitative estimate of drug-likeness (QED) is 0.775. The van der Waals surface area contributed by atoms with E-state index in [1.54, 1.807) is 32.9 Å². The second-order valence-corrected chi connectivity index (χ2v) is 6.56. The highest BCUT2D eigenvalue weighted by atomic mass is 16.6. The van der Waals surface area contributed by atoms with Crippen molar-refractivity contribution >= 4 is 12.1 Å². The van der Waals surface area contributed by atoms with Crippen LogP contribution in [0.5, 0.6) is 5.75 Å². The van der Waals surface area contributed by atoms with E-state index >= 15 is 0 Å². The van der Waals surface area contributed by atoms with E-state index in [0.29, 0.717) is 5.56 Å². The lowest BCUT2D eigenvalue weighted by atomic mass is 10.1. The van der Waals surface area contributed by atoms with Gasteiger partial charge in [-0.2, -0.15) is 0 Å². The molecule has 2 aromatic carbocycles. The van der Waals surface area contributed by atoms with Crippen molar-refractivity contribution in [2.75, 3.05) is 0 Å². The molecular formula is C20H25NO5. The number of nitrogens with one attached hydrogen (secondary N) is 1. The fraction of sp³-hybridized carbons (Fsp3) is 0.300. The summed E-state index contributed by atoms with van der Waals surface area (Å²) in [6.45, 7) is 5.09. The summed E-state index contributed by atoms with van der Waals surface area (Å²) in [6, 6.07) is 17.0. The summed E-state index contributed by atoms with van der Waals surface area (Å²) in [5.74, 6) is -1.05. The van der Waals surface area contributed by atoms with Crippen LogP contribution in [0.15, 0.2) is 60.7 Å². The number of rotatable bonds is 4. The van der Waals surface area contributed by atoms with E-state index in [-0.39, 0.29) is 12.2 Å². The Kier molecular flexibility index (Phi) is 8.15. The molecule has 0 saturated carbocycles. The predicted molar refractivity (Wildman–Crippen MR) is 99.0 cm³/mol. The first-order valence-electron chi connectivity index (χ1n) is 8.17. The van der Waals surface area contributed by atoms with Gasteiger partial charge in [0.1, 0.15) is 17.4 Å². The van der Waals surface area contributed by atoms with E-state index < -0.39 is 23.7 Å². The highest BCUT2D eigenvalue weighted by Gasteiger charge is 2.24. The summed E-state index contributed by atoms with van der Waals surface area (Å²) in [6.07, 6.45) is -0.668. The number of carbonyl (C=O) groups excluding carboxylic acids is 1. The Bertz CT molecular complexity index is 651. The number of amides is 1. The summed E-state index contributed by atoms with van der Waals surface area (Å²) in [4.78, 5) is 22.7. The van der Waals surface area contributed by atoms with Gasteiger partial charge in [-0.05, 0) is 38.5 Å². The molecule has 1 atom stereocenters. The Morgan fingerprint density at radius 1 is 1.00 bits per heavy atom. The van der Waals surface area contributed by atoms with Crippen LogP contribution in [0.4, 0.5) is 4.79 Å². The molecule has 6 heteroatoms. The van der Waals surface area contributed by atoms with Crippen LogP contribution in [0.2, 0.25) is 0 Å². The number of carboxylic acid groups (broad SMARTS) is 1. The third-order valence-corrected chi connectivity index (χ3v) is 3.03. The van der Waals surface area contributed by atoms with E-state index in [1.807, 2.05) is 36.4 Å². The standard InChI is InChI=1S/C14H19NO5.C6H6/c1-14(2,3)20-13(19)15-11(12(17)18)8-9-4-6-10(16)7-5-9;1-2-4-6-5-3-1/h4-7,11,16H,8H2,1-3H3,(H,15,19)(H,17,18);1-6H. The molecule has 0 spiro atoms. The Morgan fingerprint density at radius 3 is 1.85 bits per heavy atom. The van der Waals surface area contributed by atoms with Crippen molar-refractivity contribution in [3.8, 4) is 5.75 Å². The molecule has 140 valence electrons. The molecule has 3 N–H and O–H groups in total. The van der Waals surface area contributed by atoms with Crippen molar-refractivity contribution in [3.05, 3.63) is 66.2 Å². The van der Waals surface area contributed by atoms with Crippen LogP contribution in [-0.4, -0.2) is 33.9 Å². The molecule has 0 saturated heterocycles. The smallest absolute Gasteiger partial charge is 0.408 e. The van der Waals surface area contributed by atoms with Crippen LogP contribution < -0.4 is 5.32 Å². The topological polar surface area (TPSA) is 95.9 Å². The molecule has 6 nitrogen and oxygen atoms in total. The normalized spacial score (nSPS) is 11.5. The largest absolute Gasteiger partial charge is 0.508 e. The number of aromatic hydroxyl groups is 1. The Balaban J connectivity index is 0.000000472. The predicted octanol–water partition coefficient (Wildman–Crippen LogP) is 3.60. The molecule has 2 rings (SSSR count). The van der Waals surface area contributed by atoms with Gasteiger partial charge in [0.05, 0.1) is 0 Å². The van der Waals surface area contributed by atoms with Crippen LogP contribution in [0.25, 0.3) is 0 Å².